The molecular weight excluding hydrogens is 450 g/mol. The van der Waals surface area contributed by atoms with Gasteiger partial charge < -0.3 is 24.4 Å². The van der Waals surface area contributed by atoms with Gasteiger partial charge >= 0.3 is 6.03 Å². The first-order valence-electron chi connectivity index (χ1n) is 12.7. The Hall–Kier alpha value is -2.92. The van der Waals surface area contributed by atoms with Crippen molar-refractivity contribution in [2.75, 3.05) is 44.7 Å². The van der Waals surface area contributed by atoms with Crippen LogP contribution in [0.25, 0.3) is 0 Å². The average Bonchev–Trinajstić information content (AvgIpc) is 3.27. The van der Waals surface area contributed by atoms with Crippen molar-refractivity contribution in [3.05, 3.63) is 28.8 Å². The maximum absolute atomic E-state index is 13.3. The summed E-state index contributed by atoms with van der Waals surface area (Å²) in [5.74, 6) is 1.95. The fraction of sp³-hybridized carbons (Fsp3) is 0.667. The number of hydrogen-bond donors (Lipinski definition) is 2. The molecule has 188 valence electrons. The second-order valence-corrected chi connectivity index (χ2v) is 10.4. The lowest BCUT2D eigenvalue weighted by Crippen LogP contribution is -2.56. The van der Waals surface area contributed by atoms with Crippen LogP contribution in [-0.2, 0) is 17.8 Å². The Bertz CT molecular complexity index is 1090. The minimum atomic E-state index is -0.353. The molecule has 2 saturated heterocycles. The van der Waals surface area contributed by atoms with E-state index in [1.807, 2.05) is 9.80 Å². The Labute approximate surface area is 204 Å². The van der Waals surface area contributed by atoms with Crippen molar-refractivity contribution >= 4 is 17.8 Å². The summed E-state index contributed by atoms with van der Waals surface area (Å²) >= 11 is 0. The van der Waals surface area contributed by atoms with Gasteiger partial charge in [0.25, 0.3) is 5.91 Å². The zero-order chi connectivity index (χ0) is 23.9. The number of piperazine rings is 1. The molecule has 11 nitrogen and oxygen atoms in total. The molecule has 6 rings (SSSR count). The summed E-state index contributed by atoms with van der Waals surface area (Å²) in [5, 5.41) is 14.0. The van der Waals surface area contributed by atoms with E-state index < -0.39 is 0 Å². The Morgan fingerprint density at radius 1 is 1.14 bits per heavy atom. The van der Waals surface area contributed by atoms with Gasteiger partial charge in [0.1, 0.15) is 5.76 Å². The van der Waals surface area contributed by atoms with Crippen molar-refractivity contribution in [1.29, 1.82) is 0 Å². The van der Waals surface area contributed by atoms with Crippen LogP contribution in [0.1, 0.15) is 66.0 Å². The lowest BCUT2D eigenvalue weighted by Gasteiger charge is -2.42. The number of anilines is 1. The van der Waals surface area contributed by atoms with Crippen LogP contribution in [0.4, 0.5) is 10.6 Å². The first kappa shape index (κ1) is 22.5. The molecule has 1 atom stereocenters. The van der Waals surface area contributed by atoms with E-state index in [-0.39, 0.29) is 17.6 Å². The number of fused-ring (bicyclic) bond motifs is 1. The van der Waals surface area contributed by atoms with E-state index in [9.17, 15) is 9.59 Å². The van der Waals surface area contributed by atoms with Crippen LogP contribution in [0.15, 0.2) is 10.6 Å². The van der Waals surface area contributed by atoms with E-state index in [0.29, 0.717) is 36.8 Å². The number of carbonyl (C=O) groups is 2. The lowest BCUT2D eigenvalue weighted by atomic mass is 9.98. The lowest BCUT2D eigenvalue weighted by molar-refractivity contribution is 0.0288. The number of urea groups is 1. The predicted octanol–water partition coefficient (Wildman–Crippen LogP) is 2.40. The number of carbonyl (C=O) groups excluding carboxylic acids is 2. The molecule has 0 unspecified atom stereocenters. The summed E-state index contributed by atoms with van der Waals surface area (Å²) in [5.41, 5.74) is 1.96. The summed E-state index contributed by atoms with van der Waals surface area (Å²) in [6.45, 7) is 8.26. The molecule has 0 aromatic carbocycles. The van der Waals surface area contributed by atoms with E-state index in [4.69, 9.17) is 9.26 Å². The number of amides is 3. The molecule has 2 aromatic rings. The second kappa shape index (κ2) is 9.27. The van der Waals surface area contributed by atoms with Gasteiger partial charge in [0.05, 0.1) is 18.8 Å². The second-order valence-electron chi connectivity index (χ2n) is 10.4. The number of nitrogens with zero attached hydrogens (tertiary/aromatic N) is 5. The van der Waals surface area contributed by atoms with Crippen molar-refractivity contribution in [2.45, 2.75) is 57.7 Å². The van der Waals surface area contributed by atoms with Crippen LogP contribution in [0.3, 0.4) is 0 Å². The zero-order valence-electron chi connectivity index (χ0n) is 20.2. The van der Waals surface area contributed by atoms with E-state index in [2.05, 4.69) is 32.5 Å². The van der Waals surface area contributed by atoms with Gasteiger partial charge in [0, 0.05) is 63.0 Å². The summed E-state index contributed by atoms with van der Waals surface area (Å²) in [4.78, 5) is 32.3. The van der Waals surface area contributed by atoms with Crippen LogP contribution >= 0.6 is 0 Å². The zero-order valence-corrected chi connectivity index (χ0v) is 20.2. The van der Waals surface area contributed by atoms with Crippen LogP contribution in [0, 0.1) is 5.92 Å². The first-order chi connectivity index (χ1) is 17.0. The van der Waals surface area contributed by atoms with Crippen LogP contribution < -0.4 is 5.32 Å². The van der Waals surface area contributed by atoms with Gasteiger partial charge in [0.2, 0.25) is 0 Å². The SMILES string of the molecule is C[C@@H]1CN(C(=O)N2Cc3[nH]nc(NC(=O)c4cc(C5CC5)on4)c3C2)CCN1CC1CCOCC1. The third-order valence-electron chi connectivity index (χ3n) is 7.76. The monoisotopic (exact) mass is 483 g/mol. The predicted molar refractivity (Wildman–Crippen MR) is 126 cm³/mol. The van der Waals surface area contributed by atoms with Gasteiger partial charge in [0.15, 0.2) is 11.5 Å². The molecule has 0 bridgehead atoms. The molecule has 5 heterocycles. The summed E-state index contributed by atoms with van der Waals surface area (Å²) in [7, 11) is 0. The largest absolute Gasteiger partial charge is 0.381 e. The summed E-state index contributed by atoms with van der Waals surface area (Å²) < 4.78 is 10.8. The number of rotatable bonds is 5. The Kier molecular flexibility index (Phi) is 5.97. The minimum absolute atomic E-state index is 0.0371. The van der Waals surface area contributed by atoms with Crippen molar-refractivity contribution in [3.8, 4) is 0 Å². The summed E-state index contributed by atoms with van der Waals surface area (Å²) in [6, 6.07) is 2.07. The van der Waals surface area contributed by atoms with Gasteiger partial charge in [-0.3, -0.25) is 14.8 Å². The molecule has 0 spiro atoms. The maximum Gasteiger partial charge on any atom is 0.320 e. The highest BCUT2D eigenvalue weighted by molar-refractivity contribution is 6.02. The smallest absolute Gasteiger partial charge is 0.320 e. The first-order valence-corrected chi connectivity index (χ1v) is 12.7. The normalized spacial score (nSPS) is 23.5. The van der Waals surface area contributed by atoms with Gasteiger partial charge in [-0.05, 0) is 38.5 Å². The number of aromatic amines is 1. The maximum atomic E-state index is 13.3. The number of aromatic nitrogens is 3. The van der Waals surface area contributed by atoms with Gasteiger partial charge in [-0.2, -0.15) is 5.10 Å². The molecule has 0 radical (unpaired) electrons. The van der Waals surface area contributed by atoms with Gasteiger partial charge in [-0.15, -0.1) is 0 Å². The molecule has 35 heavy (non-hydrogen) atoms. The Morgan fingerprint density at radius 3 is 2.74 bits per heavy atom. The van der Waals surface area contributed by atoms with E-state index in [1.165, 1.54) is 0 Å². The molecular formula is C24H33N7O4. The molecule has 11 heteroatoms. The van der Waals surface area contributed by atoms with Crippen molar-refractivity contribution in [3.63, 3.8) is 0 Å². The number of nitrogens with one attached hydrogen (secondary N) is 2. The highest BCUT2D eigenvalue weighted by Crippen LogP contribution is 2.40. The Balaban J connectivity index is 1.03. The van der Waals surface area contributed by atoms with E-state index in [0.717, 1.165) is 82.1 Å². The highest BCUT2D eigenvalue weighted by atomic mass is 16.5. The molecule has 1 aliphatic carbocycles. The van der Waals surface area contributed by atoms with Crippen LogP contribution in [-0.4, -0.2) is 87.4 Å². The number of H-pyrrole nitrogens is 1. The standard InChI is InChI=1S/C24H33N7O4/c1-15-11-30(7-6-29(15)12-16-4-8-34-9-5-16)24(33)31-13-18-20(14-31)26-27-22(18)25-23(32)19-10-21(35-28-19)17-2-3-17/h10,15-17H,2-9,11-14H2,1H3,(H2,25,26,27,32)/t15-/m1/s1. The van der Waals surface area contributed by atoms with E-state index in [1.54, 1.807) is 6.07 Å². The highest BCUT2D eigenvalue weighted by Gasteiger charge is 2.35. The topological polar surface area (TPSA) is 120 Å². The molecule has 1 saturated carbocycles. The molecule has 3 aliphatic heterocycles. The third-order valence-corrected chi connectivity index (χ3v) is 7.76. The van der Waals surface area contributed by atoms with Gasteiger partial charge in [-0.1, -0.05) is 5.16 Å². The molecule has 2 N–H and O–H groups in total. The average molecular weight is 484 g/mol. The molecule has 4 aliphatic rings. The Morgan fingerprint density at radius 2 is 1.97 bits per heavy atom. The van der Waals surface area contributed by atoms with Crippen LogP contribution in [0.2, 0.25) is 0 Å². The number of hydrogen-bond acceptors (Lipinski definition) is 7. The van der Waals surface area contributed by atoms with Crippen molar-refractivity contribution in [2.24, 2.45) is 5.92 Å². The van der Waals surface area contributed by atoms with Crippen molar-refractivity contribution < 1.29 is 18.8 Å². The molecule has 2 aromatic heterocycles. The minimum Gasteiger partial charge on any atom is -0.381 e. The number of ether oxygens (including phenoxy) is 1. The molecule has 3 amide bonds. The fourth-order valence-corrected chi connectivity index (χ4v) is 5.41. The summed E-state index contributed by atoms with van der Waals surface area (Å²) in [6.07, 6.45) is 4.42. The van der Waals surface area contributed by atoms with Crippen molar-refractivity contribution in [1.82, 2.24) is 30.1 Å². The molecule has 3 fully saturated rings. The van der Waals surface area contributed by atoms with Gasteiger partial charge in [-0.25, -0.2) is 4.79 Å². The van der Waals surface area contributed by atoms with E-state index >= 15 is 0 Å². The quantitative estimate of drug-likeness (QED) is 0.670. The van der Waals surface area contributed by atoms with Crippen LogP contribution in [0.5, 0.6) is 0 Å². The third kappa shape index (κ3) is 4.66. The fourth-order valence-electron chi connectivity index (χ4n) is 5.41.